The van der Waals surface area contributed by atoms with Crippen molar-refractivity contribution in [1.29, 1.82) is 0 Å². The van der Waals surface area contributed by atoms with Crippen molar-refractivity contribution in [2.24, 2.45) is 7.05 Å². The maximum Gasteiger partial charge on any atom is 0.307 e. The normalized spacial score (nSPS) is 10.8. The fourth-order valence-electron chi connectivity index (χ4n) is 1.75. The summed E-state index contributed by atoms with van der Waals surface area (Å²) in [5.41, 5.74) is 1.51. The molecule has 0 bridgehead atoms. The number of amides is 1. The summed E-state index contributed by atoms with van der Waals surface area (Å²) in [5.74, 6) is -0.290. The van der Waals surface area contributed by atoms with Gasteiger partial charge < -0.3 is 4.57 Å². The number of carbonyl (C=O) groups is 1. The Kier molecular flexibility index (Phi) is 3.75. The monoisotopic (exact) mass is 337 g/mol. The van der Waals surface area contributed by atoms with E-state index in [0.717, 1.165) is 21.9 Å². The molecule has 5 nitrogen and oxygen atoms in total. The van der Waals surface area contributed by atoms with Crippen LogP contribution >= 0.6 is 34.0 Å². The molecular weight excluding hydrogens is 326 g/mol. The maximum absolute atomic E-state index is 12.2. The molecule has 0 aliphatic heterocycles. The van der Waals surface area contributed by atoms with Crippen LogP contribution in [0.4, 0.5) is 5.13 Å². The van der Waals surface area contributed by atoms with Gasteiger partial charge in [-0.25, -0.2) is 4.98 Å². The topological polar surface area (TPSA) is 64.0 Å². The Morgan fingerprint density at radius 3 is 2.81 bits per heavy atom. The van der Waals surface area contributed by atoms with E-state index in [0.29, 0.717) is 15.7 Å². The standard InChI is InChI=1S/C13H11N3O2S3/c1-7-10(21-13(18)16(7)2)11(17)15-12-14-8(6-20-12)9-4-3-5-19-9/h3-6H,1-2H3,(H,14,15,17). The third-order valence-electron chi connectivity index (χ3n) is 3.00. The highest BCUT2D eigenvalue weighted by molar-refractivity contribution is 7.16. The predicted octanol–water partition coefficient (Wildman–Crippen LogP) is 3.19. The molecule has 0 spiro atoms. The summed E-state index contributed by atoms with van der Waals surface area (Å²) in [5, 5.41) is 7.18. The molecular formula is C13H11N3O2S3. The molecule has 3 aromatic heterocycles. The van der Waals surface area contributed by atoms with Crippen LogP contribution in [0, 0.1) is 6.92 Å². The SMILES string of the molecule is Cc1c(C(=O)Nc2nc(-c3cccs3)cs2)sc(=O)n1C. The van der Waals surface area contributed by atoms with E-state index in [1.54, 1.807) is 25.3 Å². The molecule has 0 atom stereocenters. The molecule has 3 heterocycles. The summed E-state index contributed by atoms with van der Waals surface area (Å²) in [4.78, 5) is 29.5. The van der Waals surface area contributed by atoms with E-state index in [1.165, 1.54) is 15.9 Å². The Balaban J connectivity index is 1.82. The smallest absolute Gasteiger partial charge is 0.306 e. The minimum atomic E-state index is -0.290. The molecule has 1 N–H and O–H groups in total. The highest BCUT2D eigenvalue weighted by Gasteiger charge is 2.17. The average Bonchev–Trinajstić information content (AvgIpc) is 3.16. The number of rotatable bonds is 3. The number of anilines is 1. The van der Waals surface area contributed by atoms with E-state index in [4.69, 9.17) is 0 Å². The van der Waals surface area contributed by atoms with Gasteiger partial charge in [-0.3, -0.25) is 14.9 Å². The third kappa shape index (κ3) is 2.69. The molecule has 8 heteroatoms. The van der Waals surface area contributed by atoms with Gasteiger partial charge in [-0.05, 0) is 18.4 Å². The van der Waals surface area contributed by atoms with Crippen LogP contribution < -0.4 is 10.2 Å². The summed E-state index contributed by atoms with van der Waals surface area (Å²) in [6.07, 6.45) is 0. The van der Waals surface area contributed by atoms with Gasteiger partial charge in [-0.15, -0.1) is 22.7 Å². The number of thiophene rings is 1. The molecule has 0 saturated carbocycles. The number of hydrogen-bond acceptors (Lipinski definition) is 6. The average molecular weight is 337 g/mol. The second-order valence-electron chi connectivity index (χ2n) is 4.31. The lowest BCUT2D eigenvalue weighted by atomic mass is 10.3. The number of aromatic nitrogens is 2. The number of nitrogens with one attached hydrogen (secondary N) is 1. The predicted molar refractivity (Wildman–Crippen MR) is 87.7 cm³/mol. The molecule has 21 heavy (non-hydrogen) atoms. The van der Waals surface area contributed by atoms with Crippen molar-refractivity contribution >= 4 is 45.0 Å². The highest BCUT2D eigenvalue weighted by atomic mass is 32.1. The van der Waals surface area contributed by atoms with Crippen LogP contribution in [0.3, 0.4) is 0 Å². The van der Waals surface area contributed by atoms with Gasteiger partial charge in [-0.2, -0.15) is 0 Å². The van der Waals surface area contributed by atoms with Crippen LogP contribution in [0.25, 0.3) is 10.6 Å². The Labute approximate surface area is 132 Å². The van der Waals surface area contributed by atoms with Crippen molar-refractivity contribution in [3.63, 3.8) is 0 Å². The van der Waals surface area contributed by atoms with Crippen molar-refractivity contribution in [1.82, 2.24) is 9.55 Å². The van der Waals surface area contributed by atoms with Gasteiger partial charge in [0, 0.05) is 18.1 Å². The summed E-state index contributed by atoms with van der Waals surface area (Å²) in [6.45, 7) is 1.76. The molecule has 1 amide bonds. The molecule has 0 fully saturated rings. The van der Waals surface area contributed by atoms with Gasteiger partial charge in [0.05, 0.1) is 10.6 Å². The van der Waals surface area contributed by atoms with Crippen LogP contribution in [0.1, 0.15) is 15.4 Å². The van der Waals surface area contributed by atoms with E-state index in [1.807, 2.05) is 22.9 Å². The van der Waals surface area contributed by atoms with E-state index >= 15 is 0 Å². The lowest BCUT2D eigenvalue weighted by molar-refractivity contribution is 0.102. The summed E-state index contributed by atoms with van der Waals surface area (Å²) in [6, 6.07) is 3.95. The van der Waals surface area contributed by atoms with Crippen molar-refractivity contribution in [2.45, 2.75) is 6.92 Å². The molecule has 0 saturated heterocycles. The van der Waals surface area contributed by atoms with Crippen LogP contribution in [-0.4, -0.2) is 15.5 Å². The number of thiazole rings is 2. The fraction of sp³-hybridized carbons (Fsp3) is 0.154. The first-order valence-electron chi connectivity index (χ1n) is 6.03. The summed E-state index contributed by atoms with van der Waals surface area (Å²) in [7, 11) is 1.66. The van der Waals surface area contributed by atoms with Gasteiger partial charge in [0.1, 0.15) is 4.88 Å². The van der Waals surface area contributed by atoms with Gasteiger partial charge in [-0.1, -0.05) is 17.4 Å². The molecule has 108 valence electrons. The second-order valence-corrected chi connectivity index (χ2v) is 7.08. The number of hydrogen-bond donors (Lipinski definition) is 1. The van der Waals surface area contributed by atoms with Gasteiger partial charge in [0.15, 0.2) is 5.13 Å². The third-order valence-corrected chi connectivity index (χ3v) is 5.78. The first-order valence-corrected chi connectivity index (χ1v) is 8.61. The first-order chi connectivity index (χ1) is 10.1. The Morgan fingerprint density at radius 2 is 2.19 bits per heavy atom. The number of carbonyl (C=O) groups excluding carboxylic acids is 1. The van der Waals surface area contributed by atoms with E-state index < -0.39 is 0 Å². The van der Waals surface area contributed by atoms with Crippen molar-refractivity contribution in [3.05, 3.63) is 43.1 Å². The summed E-state index contributed by atoms with van der Waals surface area (Å²) < 4.78 is 1.47. The lowest BCUT2D eigenvalue weighted by Crippen LogP contribution is -2.12. The molecule has 0 aromatic carbocycles. The Hall–Kier alpha value is -1.77. The Bertz CT molecular complexity index is 843. The van der Waals surface area contributed by atoms with Crippen LogP contribution in [0.2, 0.25) is 0 Å². The van der Waals surface area contributed by atoms with Crippen molar-refractivity contribution < 1.29 is 4.79 Å². The fourth-order valence-corrected chi connectivity index (χ4v) is 4.10. The van der Waals surface area contributed by atoms with Gasteiger partial charge in [0.2, 0.25) is 0 Å². The minimum absolute atomic E-state index is 0.143. The van der Waals surface area contributed by atoms with Crippen molar-refractivity contribution in [2.75, 3.05) is 5.32 Å². The maximum atomic E-state index is 12.2. The molecule has 0 aliphatic carbocycles. The molecule has 0 aliphatic rings. The van der Waals surface area contributed by atoms with E-state index in [2.05, 4.69) is 10.3 Å². The van der Waals surface area contributed by atoms with E-state index in [-0.39, 0.29) is 10.8 Å². The number of nitrogens with zero attached hydrogens (tertiary/aromatic N) is 2. The van der Waals surface area contributed by atoms with E-state index in [9.17, 15) is 9.59 Å². The molecule has 0 unspecified atom stereocenters. The van der Waals surface area contributed by atoms with Crippen LogP contribution in [-0.2, 0) is 7.05 Å². The molecule has 0 radical (unpaired) electrons. The summed E-state index contributed by atoms with van der Waals surface area (Å²) >= 11 is 3.92. The molecule has 3 rings (SSSR count). The zero-order valence-corrected chi connectivity index (χ0v) is 13.7. The second kappa shape index (κ2) is 5.55. The minimum Gasteiger partial charge on any atom is -0.306 e. The zero-order chi connectivity index (χ0) is 15.0. The van der Waals surface area contributed by atoms with Gasteiger partial charge in [0.25, 0.3) is 5.91 Å². The first kappa shape index (κ1) is 14.2. The highest BCUT2D eigenvalue weighted by Crippen LogP contribution is 2.28. The molecule has 3 aromatic rings. The van der Waals surface area contributed by atoms with Gasteiger partial charge >= 0.3 is 4.87 Å². The zero-order valence-electron chi connectivity index (χ0n) is 11.2. The Morgan fingerprint density at radius 1 is 1.38 bits per heavy atom. The van der Waals surface area contributed by atoms with Crippen LogP contribution in [0.15, 0.2) is 27.7 Å². The quantitative estimate of drug-likeness (QED) is 0.798. The van der Waals surface area contributed by atoms with Crippen molar-refractivity contribution in [3.8, 4) is 10.6 Å². The van der Waals surface area contributed by atoms with Crippen LogP contribution in [0.5, 0.6) is 0 Å². The largest absolute Gasteiger partial charge is 0.307 e. The lowest BCUT2D eigenvalue weighted by Gasteiger charge is -2.00.